The second-order valence-electron chi connectivity index (χ2n) is 9.32. The fraction of sp³-hybridized carbons (Fsp3) is 0.212. The van der Waals surface area contributed by atoms with Gasteiger partial charge in [-0.15, -0.1) is 12.6 Å². The maximum absolute atomic E-state index is 13.9. The topological polar surface area (TPSA) is 123 Å². The number of halogens is 1. The molecule has 0 aliphatic carbocycles. The molecule has 4 aromatic rings. The highest BCUT2D eigenvalue weighted by atomic mass is 32.1. The smallest absolute Gasteiger partial charge is 0.308 e. The Balaban J connectivity index is 0.000000487. The van der Waals surface area contributed by atoms with E-state index in [4.69, 9.17) is 5.73 Å². The van der Waals surface area contributed by atoms with Crippen LogP contribution in [0.3, 0.4) is 0 Å². The molecule has 0 unspecified atom stereocenters. The number of nitrogens with one attached hydrogen (secondary N) is 2. The molecule has 0 spiro atoms. The van der Waals surface area contributed by atoms with Crippen LogP contribution in [0.25, 0.3) is 11.1 Å². The van der Waals surface area contributed by atoms with Crippen LogP contribution < -0.4 is 16.4 Å². The summed E-state index contributed by atoms with van der Waals surface area (Å²) in [5, 5.41) is 5.40. The maximum Gasteiger partial charge on any atom is 0.308 e. The van der Waals surface area contributed by atoms with Gasteiger partial charge in [-0.25, -0.2) is 4.39 Å². The van der Waals surface area contributed by atoms with E-state index in [2.05, 4.69) is 33.0 Å². The molecule has 8 nitrogen and oxygen atoms in total. The molecule has 43 heavy (non-hydrogen) atoms. The predicted octanol–water partition coefficient (Wildman–Crippen LogP) is 6.74. The quantitative estimate of drug-likeness (QED) is 0.143. The van der Waals surface area contributed by atoms with Gasteiger partial charge >= 0.3 is 5.97 Å². The molecule has 3 aromatic carbocycles. The molecule has 2 amide bonds. The third-order valence-electron chi connectivity index (χ3n) is 6.37. The number of rotatable bonds is 6. The van der Waals surface area contributed by atoms with Crippen LogP contribution in [0.1, 0.15) is 53.5 Å². The van der Waals surface area contributed by atoms with E-state index in [-0.39, 0.29) is 30.0 Å². The van der Waals surface area contributed by atoms with Gasteiger partial charge < -0.3 is 21.1 Å². The zero-order valence-corrected chi connectivity index (χ0v) is 25.2. The van der Waals surface area contributed by atoms with Crippen molar-refractivity contribution in [2.75, 3.05) is 17.2 Å². The van der Waals surface area contributed by atoms with E-state index in [1.165, 1.54) is 12.3 Å². The van der Waals surface area contributed by atoms with Crippen LogP contribution >= 0.6 is 12.6 Å². The van der Waals surface area contributed by atoms with Gasteiger partial charge in [0.05, 0.1) is 24.4 Å². The summed E-state index contributed by atoms with van der Waals surface area (Å²) in [4.78, 5) is 40.4. The summed E-state index contributed by atoms with van der Waals surface area (Å²) in [5.74, 6) is -1.26. The number of cyclic esters (lactones) is 1. The second-order valence-corrected chi connectivity index (χ2v) is 9.84. The van der Waals surface area contributed by atoms with E-state index in [0.717, 1.165) is 28.6 Å². The molecular weight excluding hydrogens is 567 g/mol. The average Bonchev–Trinajstić information content (AvgIpc) is 3.42. The average molecular weight is 603 g/mol. The second kappa shape index (κ2) is 16.2. The molecule has 0 bridgehead atoms. The largest absolute Gasteiger partial charge is 0.465 e. The van der Waals surface area contributed by atoms with Crippen molar-refractivity contribution in [3.05, 3.63) is 108 Å². The van der Waals surface area contributed by atoms with Crippen LogP contribution in [0, 0.1) is 11.7 Å². The van der Waals surface area contributed by atoms with Crippen LogP contribution in [0.2, 0.25) is 0 Å². The lowest BCUT2D eigenvalue weighted by Gasteiger charge is -2.13. The first-order valence-corrected chi connectivity index (χ1v) is 14.3. The van der Waals surface area contributed by atoms with E-state index in [1.54, 1.807) is 60.7 Å². The monoisotopic (exact) mass is 602 g/mol. The number of ether oxygens (including phenoxy) is 1. The minimum absolute atomic E-state index is 0.0362. The highest BCUT2D eigenvalue weighted by molar-refractivity contribution is 7.80. The zero-order valence-electron chi connectivity index (χ0n) is 24.3. The van der Waals surface area contributed by atoms with E-state index in [0.29, 0.717) is 29.0 Å². The lowest BCUT2D eigenvalue weighted by atomic mass is 9.95. The molecule has 1 fully saturated rings. The number of pyridine rings is 1. The van der Waals surface area contributed by atoms with Crippen LogP contribution in [0.5, 0.6) is 0 Å². The molecule has 1 saturated heterocycles. The van der Waals surface area contributed by atoms with E-state index in [9.17, 15) is 18.8 Å². The van der Waals surface area contributed by atoms with Gasteiger partial charge in [0.15, 0.2) is 5.82 Å². The number of nitrogens with zero attached hydrogens (tertiary/aromatic N) is 1. The van der Waals surface area contributed by atoms with Crippen molar-refractivity contribution in [2.45, 2.75) is 38.6 Å². The Kier molecular flexibility index (Phi) is 12.4. The molecule has 1 aromatic heterocycles. The van der Waals surface area contributed by atoms with Gasteiger partial charge in [-0.1, -0.05) is 39.0 Å². The van der Waals surface area contributed by atoms with Crippen molar-refractivity contribution in [3.8, 4) is 11.1 Å². The van der Waals surface area contributed by atoms with Gasteiger partial charge in [-0.05, 0) is 77.7 Å². The predicted molar refractivity (Wildman–Crippen MR) is 170 cm³/mol. The number of carbonyl (C=O) groups is 3. The Bertz CT molecular complexity index is 1560. The van der Waals surface area contributed by atoms with Crippen molar-refractivity contribution in [1.29, 1.82) is 0 Å². The van der Waals surface area contributed by atoms with Crippen molar-refractivity contribution >= 4 is 41.8 Å². The van der Waals surface area contributed by atoms with Crippen LogP contribution in [0.15, 0.2) is 90.1 Å². The van der Waals surface area contributed by atoms with Gasteiger partial charge in [0.1, 0.15) is 0 Å². The number of hydrogen-bond donors (Lipinski definition) is 4. The van der Waals surface area contributed by atoms with E-state index < -0.39 is 11.7 Å². The summed E-state index contributed by atoms with van der Waals surface area (Å²) in [6.45, 7) is 6.75. The summed E-state index contributed by atoms with van der Waals surface area (Å²) in [6.07, 6.45) is 3.33. The van der Waals surface area contributed by atoms with Gasteiger partial charge in [0, 0.05) is 34.5 Å². The minimum Gasteiger partial charge on any atom is -0.465 e. The zero-order chi connectivity index (χ0) is 31.4. The van der Waals surface area contributed by atoms with Crippen molar-refractivity contribution in [1.82, 2.24) is 4.98 Å². The molecular formula is C33H35FN4O4S. The van der Waals surface area contributed by atoms with Gasteiger partial charge in [0.2, 0.25) is 0 Å². The number of anilines is 2. The van der Waals surface area contributed by atoms with Crippen LogP contribution in [-0.4, -0.2) is 29.4 Å². The summed E-state index contributed by atoms with van der Waals surface area (Å²) >= 11 is 4.25. The summed E-state index contributed by atoms with van der Waals surface area (Å²) in [6, 6.07) is 20.6. The molecule has 5 rings (SSSR count). The first-order chi connectivity index (χ1) is 20.7. The molecule has 1 aliphatic rings. The normalized spacial score (nSPS) is 13.4. The first-order valence-electron chi connectivity index (χ1n) is 13.9. The molecule has 2 heterocycles. The molecule has 0 radical (unpaired) electrons. The van der Waals surface area contributed by atoms with Gasteiger partial charge in [0.25, 0.3) is 11.8 Å². The van der Waals surface area contributed by atoms with E-state index >= 15 is 0 Å². The first kappa shape index (κ1) is 33.0. The summed E-state index contributed by atoms with van der Waals surface area (Å²) in [7, 11) is 0. The number of carbonyl (C=O) groups excluding carboxylic acids is 3. The number of amides is 2. The Hall–Kier alpha value is -4.54. The molecule has 4 N–H and O–H groups in total. The third-order valence-corrected chi connectivity index (χ3v) is 6.67. The molecule has 0 saturated carbocycles. The highest BCUT2D eigenvalue weighted by Crippen LogP contribution is 2.27. The lowest BCUT2D eigenvalue weighted by molar-refractivity contribution is -0.140. The number of esters is 1. The number of nitrogens with two attached hydrogens (primary N) is 1. The molecule has 1 aliphatic heterocycles. The number of thiol groups is 1. The summed E-state index contributed by atoms with van der Waals surface area (Å²) < 4.78 is 18.5. The Morgan fingerprint density at radius 2 is 1.70 bits per heavy atom. The fourth-order valence-electron chi connectivity index (χ4n) is 4.01. The molecule has 10 heteroatoms. The highest BCUT2D eigenvalue weighted by Gasteiger charge is 2.20. The third kappa shape index (κ3) is 9.22. The minimum atomic E-state index is -0.627. The van der Waals surface area contributed by atoms with Gasteiger partial charge in [-0.2, -0.15) is 0 Å². The van der Waals surface area contributed by atoms with Crippen LogP contribution in [-0.2, 0) is 16.1 Å². The number of benzene rings is 3. The van der Waals surface area contributed by atoms with Crippen molar-refractivity contribution in [3.63, 3.8) is 0 Å². The SMILES string of the molecule is CC.C[C@H]1CCOC1=O.NCc1ccc(C(=O)Nc2ccncc2F)cc1-c1cccc(C(=O)Nc2ccc(S)cc2)c1. The Labute approximate surface area is 256 Å². The molecule has 1 atom stereocenters. The van der Waals surface area contributed by atoms with Crippen molar-refractivity contribution in [2.24, 2.45) is 11.7 Å². The van der Waals surface area contributed by atoms with Crippen molar-refractivity contribution < 1.29 is 23.5 Å². The Morgan fingerprint density at radius 3 is 2.30 bits per heavy atom. The summed E-state index contributed by atoms with van der Waals surface area (Å²) in [5.41, 5.74) is 9.62. The standard InChI is InChI=1S/C26H21FN4O2S.C5H8O2.C2H6/c27-23-15-29-11-10-24(23)31-26(33)18-4-5-19(14-28)22(13-18)16-2-1-3-17(12-16)25(32)30-20-6-8-21(34)9-7-20;1-4-2-3-7-5(4)6;1-2/h1-13,15,34H,14,28H2,(H,30,32)(H,29,31,33);4H,2-3H2,1H3;1-2H3/t;4-;/m.0./s1. The van der Waals surface area contributed by atoms with E-state index in [1.807, 2.05) is 26.8 Å². The molecule has 224 valence electrons. The number of aromatic nitrogens is 1. The maximum atomic E-state index is 13.9. The van der Waals surface area contributed by atoms with Crippen LogP contribution in [0.4, 0.5) is 15.8 Å². The lowest BCUT2D eigenvalue weighted by Crippen LogP contribution is -2.14. The number of hydrogen-bond acceptors (Lipinski definition) is 7. The Morgan fingerprint density at radius 1 is 1.00 bits per heavy atom. The van der Waals surface area contributed by atoms with Gasteiger partial charge in [-0.3, -0.25) is 19.4 Å². The fourth-order valence-corrected chi connectivity index (χ4v) is 4.16.